The summed E-state index contributed by atoms with van der Waals surface area (Å²) in [4.78, 5) is 1.36. The first kappa shape index (κ1) is 67.8. The third-order valence-corrected chi connectivity index (χ3v) is 35.7. The number of hydrogen-bond acceptors (Lipinski definition) is 6. The van der Waals surface area contributed by atoms with Gasteiger partial charge >= 0.3 is 0 Å². The van der Waals surface area contributed by atoms with Gasteiger partial charge in [0.25, 0.3) is 0 Å². The van der Waals surface area contributed by atoms with E-state index in [1.165, 1.54) is 294 Å². The van der Waals surface area contributed by atoms with Crippen LogP contribution in [0.2, 0.25) is 24.2 Å². The lowest BCUT2D eigenvalue weighted by Gasteiger charge is -2.38. The second kappa shape index (κ2) is 53.1. The van der Waals surface area contributed by atoms with Crippen LogP contribution in [0, 0.1) is 0 Å². The zero-order chi connectivity index (χ0) is 48.3. The van der Waals surface area contributed by atoms with Gasteiger partial charge in [-0.25, -0.2) is 0 Å². The van der Waals surface area contributed by atoms with E-state index in [1.807, 2.05) is 0 Å². The minimum atomic E-state index is -1.92. The van der Waals surface area contributed by atoms with Crippen LogP contribution in [-0.4, -0.2) is 39.6 Å². The van der Waals surface area contributed by atoms with E-state index in [0.29, 0.717) is 9.75 Å². The van der Waals surface area contributed by atoms with Crippen LogP contribution in [0.25, 0.3) is 0 Å². The Kier molecular flexibility index (Phi) is 54.5. The maximum Gasteiger partial charge on any atom is 0.206 e. The molecule has 66 heavy (non-hydrogen) atoms. The Hall–Kier alpha value is 1.75. The van der Waals surface area contributed by atoms with Crippen molar-refractivity contribution in [1.29, 1.82) is 0 Å². The van der Waals surface area contributed by atoms with E-state index in [2.05, 4.69) is 96.6 Å². The monoisotopic (exact) mass is 1030 g/mol. The van der Waals surface area contributed by atoms with Crippen LogP contribution in [-0.2, 0) is 8.85 Å². The molecule has 0 aliphatic carbocycles. The topological polar surface area (TPSA) is 18.5 Å². The Labute approximate surface area is 435 Å². The van der Waals surface area contributed by atoms with Crippen LogP contribution in [0.1, 0.15) is 325 Å². The average molecular weight is 1040 g/mol. The molecule has 0 aliphatic heterocycles. The quantitative estimate of drug-likeness (QED) is 0.0341. The lowest BCUT2D eigenvalue weighted by molar-refractivity contribution is 0.312. The molecule has 0 heterocycles. The molecular formula is C58H122O2S4Si2. The van der Waals surface area contributed by atoms with E-state index in [-0.39, 0.29) is 0 Å². The predicted molar refractivity (Wildman–Crippen MR) is 320 cm³/mol. The van der Waals surface area contributed by atoms with Crippen LogP contribution in [0.4, 0.5) is 0 Å². The van der Waals surface area contributed by atoms with Crippen molar-refractivity contribution >= 4 is 57.9 Å². The molecule has 0 N–H and O–H groups in total. The first-order chi connectivity index (χ1) is 32.5. The Morgan fingerprint density at radius 2 is 0.439 bits per heavy atom. The lowest BCUT2D eigenvalue weighted by atomic mass is 10.1. The highest BCUT2D eigenvalue weighted by Gasteiger charge is 2.44. The Balaban J connectivity index is 5.68. The first-order valence-electron chi connectivity index (χ1n) is 30.4. The summed E-state index contributed by atoms with van der Waals surface area (Å²) >= 11 is 0. The largest absolute Gasteiger partial charge is 0.416 e. The van der Waals surface area contributed by atoms with Crippen LogP contribution in [0.15, 0.2) is 0 Å². The Morgan fingerprint density at radius 3 is 0.606 bits per heavy atom. The van der Waals surface area contributed by atoms with Gasteiger partial charge in [0.2, 0.25) is 16.6 Å². The molecule has 0 radical (unpaired) electrons. The number of hydrogen-bond donors (Lipinski definition) is 0. The summed E-state index contributed by atoms with van der Waals surface area (Å²) in [6.45, 7) is 20.7. The van der Waals surface area contributed by atoms with Gasteiger partial charge in [-0.3, -0.25) is 0 Å². The molecule has 0 rings (SSSR count). The first-order valence-corrected chi connectivity index (χ1v) is 40.2. The van der Waals surface area contributed by atoms with Crippen LogP contribution in [0.5, 0.6) is 0 Å². The maximum atomic E-state index is 7.21. The van der Waals surface area contributed by atoms with E-state index in [0.717, 1.165) is 13.2 Å². The molecular weight excluding hydrogens is 913 g/mol. The highest BCUT2D eigenvalue weighted by Crippen LogP contribution is 2.53. The molecule has 0 saturated carbocycles. The van der Waals surface area contributed by atoms with Crippen molar-refractivity contribution in [3.63, 3.8) is 0 Å². The van der Waals surface area contributed by atoms with Gasteiger partial charge in [0.1, 0.15) is 0 Å². The molecule has 8 heteroatoms. The third kappa shape index (κ3) is 38.4. The fourth-order valence-corrected chi connectivity index (χ4v) is 34.2. The second-order valence-electron chi connectivity index (χ2n) is 20.8. The van der Waals surface area contributed by atoms with Crippen molar-refractivity contribution < 1.29 is 8.85 Å². The van der Waals surface area contributed by atoms with E-state index in [9.17, 15) is 0 Å². The second-order valence-corrected chi connectivity index (χ2v) is 36.1. The Morgan fingerprint density at radius 1 is 0.258 bits per heavy atom. The predicted octanol–water partition coefficient (Wildman–Crippen LogP) is 23.9. The molecule has 0 bridgehead atoms. The minimum Gasteiger partial charge on any atom is -0.416 e. The molecule has 2 nitrogen and oxygen atoms in total. The van der Waals surface area contributed by atoms with Gasteiger partial charge in [0.15, 0.2) is 0 Å². The highest BCUT2D eigenvalue weighted by atomic mass is 33.7. The van der Waals surface area contributed by atoms with Gasteiger partial charge in [-0.15, -0.1) is 0 Å². The third-order valence-electron chi connectivity index (χ3n) is 14.9. The van der Waals surface area contributed by atoms with Crippen molar-refractivity contribution in [2.24, 2.45) is 0 Å². The lowest BCUT2D eigenvalue weighted by Crippen LogP contribution is -2.48. The fourth-order valence-electron chi connectivity index (χ4n) is 10.8. The molecule has 0 aliphatic rings. The number of unbranched alkanes of at least 4 members (excludes halogenated alkanes) is 36. The van der Waals surface area contributed by atoms with Gasteiger partial charge in [-0.2, -0.15) is 0 Å². The smallest absolute Gasteiger partial charge is 0.206 e. The van der Waals surface area contributed by atoms with Crippen molar-refractivity contribution in [2.45, 2.75) is 359 Å². The molecule has 2 unspecified atom stereocenters. The molecule has 398 valence electrons. The van der Waals surface area contributed by atoms with Gasteiger partial charge in [0.05, 0.1) is 0 Å². The summed E-state index contributed by atoms with van der Waals surface area (Å²) in [7, 11) is 4.94. The molecule has 0 aromatic carbocycles. The van der Waals surface area contributed by atoms with Gasteiger partial charge in [-0.05, 0) is 70.5 Å². The summed E-state index contributed by atoms with van der Waals surface area (Å²) in [5.41, 5.74) is 0. The van der Waals surface area contributed by atoms with E-state index in [1.54, 1.807) is 0 Å². The molecule has 0 amide bonds. The van der Waals surface area contributed by atoms with Crippen molar-refractivity contribution in [3.8, 4) is 0 Å². The Bertz CT molecular complexity index is 812. The fraction of sp³-hybridized carbons (Fsp3) is 1.00. The number of rotatable bonds is 57. The molecule has 2 atom stereocenters. The zero-order valence-electron chi connectivity index (χ0n) is 46.5. The molecule has 0 aromatic heterocycles. The van der Waals surface area contributed by atoms with Crippen LogP contribution in [0.3, 0.4) is 0 Å². The van der Waals surface area contributed by atoms with Crippen LogP contribution >= 0.6 is 41.2 Å². The van der Waals surface area contributed by atoms with Gasteiger partial charge in [-0.1, -0.05) is 320 Å². The summed E-state index contributed by atoms with van der Waals surface area (Å²) in [6, 6.07) is 5.53. The van der Waals surface area contributed by atoms with E-state index < -0.39 is 16.6 Å². The molecule has 0 saturated heterocycles. The zero-order valence-corrected chi connectivity index (χ0v) is 51.8. The van der Waals surface area contributed by atoms with Gasteiger partial charge in [0, 0.05) is 23.0 Å². The van der Waals surface area contributed by atoms with E-state index >= 15 is 0 Å². The van der Waals surface area contributed by atoms with Crippen molar-refractivity contribution in [2.75, 3.05) is 13.2 Å². The normalized spacial score (nSPS) is 13.3. The van der Waals surface area contributed by atoms with Gasteiger partial charge < -0.3 is 8.85 Å². The summed E-state index contributed by atoms with van der Waals surface area (Å²) in [5, 5.41) is 0. The minimum absolute atomic E-state index is 0.681. The molecule has 0 aromatic rings. The van der Waals surface area contributed by atoms with Crippen molar-refractivity contribution in [3.05, 3.63) is 0 Å². The standard InChI is InChI=1S/C58H122O2S4Si2/c1-9-17-21-25-29-33-37-41-45-49-53-65(59-15-7,54-50-46-42-38-34-30-26-22-18-10-2)57(13-5)61-63-64-62-58(14-6)66(60-16-8,55-51-47-43-39-35-31-27-23-19-11-3)56-52-48-44-40-36-32-28-24-20-12-4/h57-58H,9-56H2,1-8H3. The molecule has 0 fully saturated rings. The highest BCUT2D eigenvalue weighted by molar-refractivity contribution is 9.26. The SMILES string of the molecule is CCCCCCCCCCCC[Si](CCCCCCCCCCCC)(OCC)C(CC)SSSSC(CC)[Si](CCCCCCCCCCCC)(CCCCCCCCCCCC)OCC. The summed E-state index contributed by atoms with van der Waals surface area (Å²) in [5.74, 6) is 0. The average Bonchev–Trinajstić information content (AvgIpc) is 3.32. The van der Waals surface area contributed by atoms with Crippen molar-refractivity contribution in [1.82, 2.24) is 0 Å². The molecule has 0 spiro atoms. The van der Waals surface area contributed by atoms with Crippen LogP contribution < -0.4 is 0 Å². The summed E-state index contributed by atoms with van der Waals surface area (Å²) < 4.78 is 14.4. The van der Waals surface area contributed by atoms with E-state index in [4.69, 9.17) is 8.85 Å². The summed E-state index contributed by atoms with van der Waals surface area (Å²) in [6.07, 6.45) is 59.4. The maximum absolute atomic E-state index is 7.21.